The summed E-state index contributed by atoms with van der Waals surface area (Å²) in [6, 6.07) is 22.5. The summed E-state index contributed by atoms with van der Waals surface area (Å²) in [5, 5.41) is 4.08. The van der Waals surface area contributed by atoms with Gasteiger partial charge in [0, 0.05) is 27.2 Å². The van der Waals surface area contributed by atoms with Crippen LogP contribution in [0.2, 0.25) is 5.02 Å². The predicted octanol–water partition coefficient (Wildman–Crippen LogP) is 6.54. The first kappa shape index (κ1) is 19.5. The lowest BCUT2D eigenvalue weighted by molar-refractivity contribution is 0.0976. The fourth-order valence-electron chi connectivity index (χ4n) is 2.81. The van der Waals surface area contributed by atoms with Gasteiger partial charge in [-0.1, -0.05) is 45.7 Å². The molecule has 3 nitrogen and oxygen atoms in total. The second-order valence-corrected chi connectivity index (χ2v) is 7.47. The molecule has 5 heteroatoms. The number of rotatable bonds is 7. The molecule has 3 rings (SSSR count). The molecule has 0 bridgehead atoms. The van der Waals surface area contributed by atoms with Crippen molar-refractivity contribution in [1.29, 1.82) is 0 Å². The van der Waals surface area contributed by atoms with E-state index in [4.69, 9.17) is 16.3 Å². The highest BCUT2D eigenvalue weighted by Crippen LogP contribution is 2.27. The van der Waals surface area contributed by atoms with Gasteiger partial charge in [-0.15, -0.1) is 0 Å². The monoisotopic (exact) mass is 443 g/mol. The molecule has 0 fully saturated rings. The molecule has 27 heavy (non-hydrogen) atoms. The maximum absolute atomic E-state index is 12.8. The van der Waals surface area contributed by atoms with E-state index in [-0.39, 0.29) is 11.8 Å². The maximum atomic E-state index is 12.8. The van der Waals surface area contributed by atoms with Crippen molar-refractivity contribution in [3.8, 4) is 5.75 Å². The minimum absolute atomic E-state index is 0.0556. The van der Waals surface area contributed by atoms with Crippen LogP contribution in [0, 0.1) is 0 Å². The molecule has 0 aliphatic carbocycles. The third-order valence-corrected chi connectivity index (χ3v) is 5.00. The highest BCUT2D eigenvalue weighted by atomic mass is 79.9. The number of hydrogen-bond donors (Lipinski definition) is 1. The van der Waals surface area contributed by atoms with Gasteiger partial charge in [0.2, 0.25) is 0 Å². The van der Waals surface area contributed by atoms with Crippen LogP contribution in [0.5, 0.6) is 5.75 Å². The summed E-state index contributed by atoms with van der Waals surface area (Å²) in [5.74, 6) is 0.785. The molecule has 0 heterocycles. The van der Waals surface area contributed by atoms with Gasteiger partial charge in [-0.2, -0.15) is 0 Å². The number of benzene rings is 3. The average molecular weight is 445 g/mol. The number of anilines is 1. The number of carbonyl (C=O) groups is 1. The van der Waals surface area contributed by atoms with Crippen molar-refractivity contribution in [1.82, 2.24) is 0 Å². The minimum Gasteiger partial charge on any atom is -0.497 e. The van der Waals surface area contributed by atoms with E-state index in [1.54, 1.807) is 31.4 Å². The summed E-state index contributed by atoms with van der Waals surface area (Å²) in [6.45, 7) is 0. The molecule has 3 aromatic rings. The number of hydrogen-bond acceptors (Lipinski definition) is 3. The Kier molecular flexibility index (Phi) is 6.54. The molecule has 138 valence electrons. The van der Waals surface area contributed by atoms with E-state index >= 15 is 0 Å². The van der Waals surface area contributed by atoms with Crippen LogP contribution >= 0.6 is 27.5 Å². The average Bonchev–Trinajstić information content (AvgIpc) is 2.68. The molecule has 0 aliphatic rings. The summed E-state index contributed by atoms with van der Waals surface area (Å²) < 4.78 is 6.15. The summed E-state index contributed by atoms with van der Waals surface area (Å²) in [7, 11) is 1.61. The van der Waals surface area contributed by atoms with Gasteiger partial charge in [-0.05, 0) is 60.2 Å². The van der Waals surface area contributed by atoms with Crippen LogP contribution in [0.15, 0.2) is 77.3 Å². The fraction of sp³-hybridized carbons (Fsp3) is 0.136. The minimum atomic E-state index is -0.175. The Bertz CT molecular complexity index is 910. The van der Waals surface area contributed by atoms with Crippen LogP contribution in [0.1, 0.15) is 28.4 Å². The molecule has 1 atom stereocenters. The maximum Gasteiger partial charge on any atom is 0.165 e. The lowest BCUT2D eigenvalue weighted by Gasteiger charge is -2.20. The lowest BCUT2D eigenvalue weighted by atomic mass is 9.97. The van der Waals surface area contributed by atoms with E-state index < -0.39 is 0 Å². The number of methoxy groups -OCH3 is 1. The normalized spacial score (nSPS) is 11.7. The van der Waals surface area contributed by atoms with Gasteiger partial charge in [-0.3, -0.25) is 4.79 Å². The highest BCUT2D eigenvalue weighted by molar-refractivity contribution is 9.10. The molecular formula is C22H19BrClNO2. The van der Waals surface area contributed by atoms with Crippen LogP contribution in [0.4, 0.5) is 5.69 Å². The zero-order valence-corrected chi connectivity index (χ0v) is 17.1. The van der Waals surface area contributed by atoms with Crippen molar-refractivity contribution < 1.29 is 9.53 Å². The quantitative estimate of drug-likeness (QED) is 0.421. The van der Waals surface area contributed by atoms with Gasteiger partial charge in [0.25, 0.3) is 0 Å². The largest absolute Gasteiger partial charge is 0.497 e. The number of ketones is 1. The third-order valence-electron chi connectivity index (χ3n) is 4.24. The Labute approximate surface area is 172 Å². The standard InChI is InChI=1S/C22H19BrClNO2/c1-27-20-11-7-16(8-12-20)22(26)14-21(15-5-9-17(23)10-6-15)25-19-4-2-3-18(24)13-19/h2-13,21,25H,14H2,1H3. The Balaban J connectivity index is 1.84. The number of Topliss-reactive ketones (excluding diaryl/α,β-unsaturated/α-hetero) is 1. The first-order valence-electron chi connectivity index (χ1n) is 8.50. The van der Waals surface area contributed by atoms with Gasteiger partial charge in [0.1, 0.15) is 5.75 Å². The molecule has 0 aliphatic heterocycles. The van der Waals surface area contributed by atoms with Crippen LogP contribution in [0.3, 0.4) is 0 Å². The smallest absolute Gasteiger partial charge is 0.165 e. The van der Waals surface area contributed by atoms with E-state index in [1.807, 2.05) is 48.5 Å². The number of ether oxygens (including phenoxy) is 1. The number of nitrogens with one attached hydrogen (secondary N) is 1. The van der Waals surface area contributed by atoms with E-state index in [0.29, 0.717) is 17.0 Å². The van der Waals surface area contributed by atoms with Crippen LogP contribution < -0.4 is 10.1 Å². The van der Waals surface area contributed by atoms with Crippen molar-refractivity contribution in [3.05, 3.63) is 93.4 Å². The van der Waals surface area contributed by atoms with Gasteiger partial charge < -0.3 is 10.1 Å². The summed E-state index contributed by atoms with van der Waals surface area (Å²) in [5.41, 5.74) is 2.56. The highest BCUT2D eigenvalue weighted by Gasteiger charge is 2.18. The Morgan fingerprint density at radius 2 is 1.78 bits per heavy atom. The topological polar surface area (TPSA) is 38.3 Å². The van der Waals surface area contributed by atoms with Gasteiger partial charge >= 0.3 is 0 Å². The lowest BCUT2D eigenvalue weighted by Crippen LogP contribution is -2.16. The van der Waals surface area contributed by atoms with Crippen LogP contribution in [-0.4, -0.2) is 12.9 Å². The Hall–Kier alpha value is -2.30. The fourth-order valence-corrected chi connectivity index (χ4v) is 3.26. The van der Waals surface area contributed by atoms with E-state index in [0.717, 1.165) is 21.5 Å². The molecule has 0 saturated carbocycles. The van der Waals surface area contributed by atoms with Gasteiger partial charge in [0.15, 0.2) is 5.78 Å². The van der Waals surface area contributed by atoms with Crippen molar-refractivity contribution >= 4 is 39.0 Å². The molecule has 1 unspecified atom stereocenters. The van der Waals surface area contributed by atoms with Gasteiger partial charge in [-0.25, -0.2) is 0 Å². The zero-order chi connectivity index (χ0) is 19.2. The Morgan fingerprint density at radius 1 is 1.07 bits per heavy atom. The summed E-state index contributed by atoms with van der Waals surface area (Å²) in [4.78, 5) is 12.8. The molecule has 0 spiro atoms. The van der Waals surface area contributed by atoms with Crippen molar-refractivity contribution in [2.45, 2.75) is 12.5 Å². The zero-order valence-electron chi connectivity index (χ0n) is 14.8. The van der Waals surface area contributed by atoms with Crippen molar-refractivity contribution in [3.63, 3.8) is 0 Å². The number of carbonyl (C=O) groups excluding carboxylic acids is 1. The van der Waals surface area contributed by atoms with E-state index in [2.05, 4.69) is 21.2 Å². The first-order chi connectivity index (χ1) is 13.0. The van der Waals surface area contributed by atoms with Crippen molar-refractivity contribution in [2.24, 2.45) is 0 Å². The predicted molar refractivity (Wildman–Crippen MR) is 114 cm³/mol. The Morgan fingerprint density at radius 3 is 2.41 bits per heavy atom. The van der Waals surface area contributed by atoms with E-state index in [1.165, 1.54) is 0 Å². The second-order valence-electron chi connectivity index (χ2n) is 6.11. The second kappa shape index (κ2) is 9.07. The first-order valence-corrected chi connectivity index (χ1v) is 9.67. The molecule has 0 aromatic heterocycles. The molecule has 3 aromatic carbocycles. The molecule has 0 radical (unpaired) electrons. The summed E-state index contributed by atoms with van der Waals surface area (Å²) >= 11 is 9.56. The van der Waals surface area contributed by atoms with Gasteiger partial charge in [0.05, 0.1) is 13.2 Å². The molecule has 0 amide bonds. The molecule has 1 N–H and O–H groups in total. The van der Waals surface area contributed by atoms with Crippen molar-refractivity contribution in [2.75, 3.05) is 12.4 Å². The van der Waals surface area contributed by atoms with E-state index in [9.17, 15) is 4.79 Å². The molecule has 0 saturated heterocycles. The van der Waals surface area contributed by atoms with Crippen LogP contribution in [0.25, 0.3) is 0 Å². The number of halogens is 2. The summed E-state index contributed by atoms with van der Waals surface area (Å²) in [6.07, 6.45) is 0.320. The van der Waals surface area contributed by atoms with Crippen LogP contribution in [-0.2, 0) is 0 Å². The molecular weight excluding hydrogens is 426 g/mol. The SMILES string of the molecule is COc1ccc(C(=O)CC(Nc2cccc(Cl)c2)c2ccc(Br)cc2)cc1. The third kappa shape index (κ3) is 5.34.